The summed E-state index contributed by atoms with van der Waals surface area (Å²) in [4.78, 5) is 33.7. The Kier molecular flexibility index (Phi) is 16.9. The van der Waals surface area contributed by atoms with E-state index in [1.165, 1.54) is 0 Å². The summed E-state index contributed by atoms with van der Waals surface area (Å²) < 4.78 is 54.9. The second-order valence-electron chi connectivity index (χ2n) is 4.71. The smallest absolute Gasteiger partial charge is 0.377 e. The van der Waals surface area contributed by atoms with Gasteiger partial charge in [0, 0.05) is 0 Å². The van der Waals surface area contributed by atoms with Crippen LogP contribution in [0.4, 0.5) is 0 Å². The summed E-state index contributed by atoms with van der Waals surface area (Å²) in [5.41, 5.74) is 0. The summed E-state index contributed by atoms with van der Waals surface area (Å²) in [7, 11) is -8.88. The van der Waals surface area contributed by atoms with Crippen molar-refractivity contribution in [1.82, 2.24) is 0 Å². The molecule has 0 amide bonds. The second-order valence-corrected chi connectivity index (χ2v) is 7.19. The third kappa shape index (κ3) is 26.0. The van der Waals surface area contributed by atoms with Crippen molar-refractivity contribution in [2.75, 3.05) is 79.3 Å². The molecule has 0 aliphatic rings. The maximum Gasteiger partial charge on any atom is 0.469 e. The fraction of sp³-hybridized carbons (Fsp3) is 1.00. The van der Waals surface area contributed by atoms with Crippen molar-refractivity contribution >= 4 is 15.6 Å². The van der Waals surface area contributed by atoms with Crippen LogP contribution in [0, 0.1) is 0 Å². The van der Waals surface area contributed by atoms with E-state index in [0.29, 0.717) is 39.6 Å². The highest BCUT2D eigenvalue weighted by atomic mass is 31.2. The van der Waals surface area contributed by atoms with E-state index in [2.05, 4.69) is 9.05 Å². The fourth-order valence-electron chi connectivity index (χ4n) is 1.41. The molecule has 0 aliphatic carbocycles. The molecule has 0 aliphatic heterocycles. The Morgan fingerprint density at radius 3 is 0.778 bits per heavy atom. The number of hydrogen-bond donors (Lipinski definition) is 4. The van der Waals surface area contributed by atoms with E-state index in [1.807, 2.05) is 0 Å². The average Bonchev–Trinajstić information content (AvgIpc) is 2.55. The first-order valence-electron chi connectivity index (χ1n) is 7.99. The van der Waals surface area contributed by atoms with Crippen LogP contribution in [0.1, 0.15) is 0 Å². The zero-order valence-electron chi connectivity index (χ0n) is 14.8. The SMILES string of the molecule is O=P(O)(O)OCCOCCOCCOCCOCCOCCOP(=O)(O)O. The van der Waals surface area contributed by atoms with E-state index in [-0.39, 0.29) is 39.6 Å². The van der Waals surface area contributed by atoms with Crippen LogP contribution in [-0.2, 0) is 41.9 Å². The topological polar surface area (TPSA) is 180 Å². The van der Waals surface area contributed by atoms with Crippen LogP contribution in [0.25, 0.3) is 0 Å². The van der Waals surface area contributed by atoms with Gasteiger partial charge >= 0.3 is 15.6 Å². The number of rotatable bonds is 20. The van der Waals surface area contributed by atoms with Crippen molar-refractivity contribution in [3.63, 3.8) is 0 Å². The Labute approximate surface area is 157 Å². The molecular weight excluding hydrogens is 414 g/mol. The summed E-state index contributed by atoms with van der Waals surface area (Å²) in [6.07, 6.45) is 0. The van der Waals surface area contributed by atoms with Crippen LogP contribution < -0.4 is 0 Å². The Bertz CT molecular complexity index is 386. The highest BCUT2D eigenvalue weighted by Crippen LogP contribution is 2.35. The average molecular weight is 442 g/mol. The number of phosphoric acid groups is 2. The largest absolute Gasteiger partial charge is 0.469 e. The predicted molar refractivity (Wildman–Crippen MR) is 90.1 cm³/mol. The van der Waals surface area contributed by atoms with Crippen molar-refractivity contribution in [2.24, 2.45) is 0 Å². The first-order valence-corrected chi connectivity index (χ1v) is 11.1. The number of hydrogen-bond acceptors (Lipinski definition) is 9. The molecule has 0 spiro atoms. The molecule has 0 saturated carbocycles. The van der Waals surface area contributed by atoms with Gasteiger partial charge in [0.1, 0.15) is 0 Å². The van der Waals surface area contributed by atoms with E-state index >= 15 is 0 Å². The van der Waals surface area contributed by atoms with Crippen LogP contribution in [0.3, 0.4) is 0 Å². The van der Waals surface area contributed by atoms with Crippen molar-refractivity contribution in [2.45, 2.75) is 0 Å². The number of ether oxygens (including phenoxy) is 5. The molecule has 0 bridgehead atoms. The zero-order valence-corrected chi connectivity index (χ0v) is 16.6. The molecule has 13 nitrogen and oxygen atoms in total. The van der Waals surface area contributed by atoms with Crippen molar-refractivity contribution in [1.29, 1.82) is 0 Å². The van der Waals surface area contributed by atoms with E-state index in [0.717, 1.165) is 0 Å². The van der Waals surface area contributed by atoms with Gasteiger partial charge in [0.05, 0.1) is 79.3 Å². The maximum atomic E-state index is 10.4. The van der Waals surface area contributed by atoms with Crippen LogP contribution in [0.2, 0.25) is 0 Å². The van der Waals surface area contributed by atoms with Crippen LogP contribution in [0.15, 0.2) is 0 Å². The molecule has 0 heterocycles. The molecule has 0 aromatic carbocycles. The molecule has 15 heteroatoms. The molecule has 0 rings (SSSR count). The van der Waals surface area contributed by atoms with Gasteiger partial charge in [-0.25, -0.2) is 9.13 Å². The lowest BCUT2D eigenvalue weighted by Crippen LogP contribution is -2.14. The standard InChI is InChI=1S/C12H28O13P2/c13-26(14,15)24-11-9-22-7-5-20-3-1-19-2-4-21-6-8-23-10-12-25-27(16,17)18/h1-12H2,(H2,13,14,15)(H2,16,17,18). The summed E-state index contributed by atoms with van der Waals surface area (Å²) in [6.45, 7) is 2.39. The molecular formula is C12H28O13P2. The molecule has 27 heavy (non-hydrogen) atoms. The molecule has 0 atom stereocenters. The van der Waals surface area contributed by atoms with Gasteiger partial charge in [-0.1, -0.05) is 0 Å². The Morgan fingerprint density at radius 1 is 0.407 bits per heavy atom. The first kappa shape index (κ1) is 27.0. The molecule has 0 radical (unpaired) electrons. The Hall–Kier alpha value is 0.0200. The van der Waals surface area contributed by atoms with E-state index in [1.54, 1.807) is 0 Å². The molecule has 164 valence electrons. The van der Waals surface area contributed by atoms with E-state index in [4.69, 9.17) is 43.3 Å². The highest BCUT2D eigenvalue weighted by Gasteiger charge is 2.13. The molecule has 4 N–H and O–H groups in total. The zero-order chi connectivity index (χ0) is 20.4. The number of phosphoric ester groups is 2. The summed E-state index contributed by atoms with van der Waals surface area (Å²) in [6, 6.07) is 0. The Morgan fingerprint density at radius 2 is 0.593 bits per heavy atom. The van der Waals surface area contributed by atoms with Gasteiger partial charge in [-0.05, 0) is 0 Å². The molecule has 0 saturated heterocycles. The van der Waals surface area contributed by atoms with E-state index in [9.17, 15) is 9.13 Å². The quantitative estimate of drug-likeness (QED) is 0.137. The third-order valence-electron chi connectivity index (χ3n) is 2.46. The van der Waals surface area contributed by atoms with Gasteiger partial charge in [-0.3, -0.25) is 9.05 Å². The second kappa shape index (κ2) is 16.9. The van der Waals surface area contributed by atoms with Gasteiger partial charge in [-0.2, -0.15) is 0 Å². The van der Waals surface area contributed by atoms with Crippen molar-refractivity contribution in [3.05, 3.63) is 0 Å². The molecule has 0 aromatic rings. The maximum absolute atomic E-state index is 10.4. The van der Waals surface area contributed by atoms with E-state index < -0.39 is 15.6 Å². The van der Waals surface area contributed by atoms with Crippen molar-refractivity contribution in [3.8, 4) is 0 Å². The fourth-order valence-corrected chi connectivity index (χ4v) is 2.04. The van der Waals surface area contributed by atoms with Gasteiger partial charge in [0.2, 0.25) is 0 Å². The third-order valence-corrected chi connectivity index (χ3v) is 3.50. The lowest BCUT2D eigenvalue weighted by Gasteiger charge is -2.08. The van der Waals surface area contributed by atoms with Gasteiger partial charge in [-0.15, -0.1) is 0 Å². The molecule has 0 unspecified atom stereocenters. The Balaban J connectivity index is 3.09. The summed E-state index contributed by atoms with van der Waals surface area (Å²) in [5.74, 6) is 0. The summed E-state index contributed by atoms with van der Waals surface area (Å²) >= 11 is 0. The van der Waals surface area contributed by atoms with Crippen LogP contribution in [0.5, 0.6) is 0 Å². The lowest BCUT2D eigenvalue weighted by atomic mass is 10.7. The normalized spacial score (nSPS) is 12.6. The lowest BCUT2D eigenvalue weighted by molar-refractivity contribution is -0.0151. The minimum Gasteiger partial charge on any atom is -0.377 e. The summed E-state index contributed by atoms with van der Waals surface area (Å²) in [5, 5.41) is 0. The van der Waals surface area contributed by atoms with Gasteiger partial charge in [0.15, 0.2) is 0 Å². The molecule has 0 aromatic heterocycles. The minimum atomic E-state index is -4.44. The molecule has 0 fully saturated rings. The highest BCUT2D eigenvalue weighted by molar-refractivity contribution is 7.46. The monoisotopic (exact) mass is 442 g/mol. The van der Waals surface area contributed by atoms with Gasteiger partial charge in [0.25, 0.3) is 0 Å². The minimum absolute atomic E-state index is 0.0583. The van der Waals surface area contributed by atoms with Crippen LogP contribution >= 0.6 is 15.6 Å². The van der Waals surface area contributed by atoms with Crippen LogP contribution in [-0.4, -0.2) is 98.9 Å². The first-order chi connectivity index (χ1) is 12.7. The van der Waals surface area contributed by atoms with Crippen molar-refractivity contribution < 1.29 is 61.4 Å². The van der Waals surface area contributed by atoms with Gasteiger partial charge < -0.3 is 43.3 Å². The predicted octanol–water partition coefficient (Wildman–Crippen LogP) is -0.712.